The van der Waals surface area contributed by atoms with E-state index < -0.39 is 17.1 Å². The van der Waals surface area contributed by atoms with Crippen molar-refractivity contribution >= 4 is 11.8 Å². The quantitative estimate of drug-likeness (QED) is 0.816. The van der Waals surface area contributed by atoms with Gasteiger partial charge in [-0.3, -0.25) is 0 Å². The van der Waals surface area contributed by atoms with Crippen LogP contribution < -0.4 is 5.63 Å². The van der Waals surface area contributed by atoms with E-state index in [1.165, 1.54) is 0 Å². The zero-order chi connectivity index (χ0) is 13.3. The Labute approximate surface area is 108 Å². The molecule has 2 aromatic rings. The molecule has 0 radical (unpaired) electrons. The van der Waals surface area contributed by atoms with Gasteiger partial charge in [-0.25, -0.2) is 4.79 Å². The number of rotatable bonds is 2. The third kappa shape index (κ3) is 2.09. The molecule has 18 heavy (non-hydrogen) atoms. The number of benzene rings is 1. The molecule has 0 saturated carbocycles. The molecule has 1 aromatic carbocycles. The van der Waals surface area contributed by atoms with E-state index in [2.05, 4.69) is 0 Å². The first-order valence-corrected chi connectivity index (χ1v) is 6.47. The van der Waals surface area contributed by atoms with Gasteiger partial charge in [0.2, 0.25) is 5.75 Å². The molecule has 5 heteroatoms. The Morgan fingerprint density at radius 1 is 1.11 bits per heavy atom. The van der Waals surface area contributed by atoms with Gasteiger partial charge in [-0.05, 0) is 25.3 Å². The van der Waals surface area contributed by atoms with E-state index in [1.54, 1.807) is 30.8 Å². The van der Waals surface area contributed by atoms with Crippen molar-refractivity contribution in [1.82, 2.24) is 0 Å². The molecule has 0 unspecified atom stereocenters. The van der Waals surface area contributed by atoms with Crippen LogP contribution in [0.2, 0.25) is 0 Å². The Morgan fingerprint density at radius 2 is 1.72 bits per heavy atom. The molecule has 0 aliphatic heterocycles. The largest absolute Gasteiger partial charge is 0.504 e. The summed E-state index contributed by atoms with van der Waals surface area (Å²) in [5, 5.41) is 18.9. The lowest BCUT2D eigenvalue weighted by molar-refractivity contribution is 0.364. The van der Waals surface area contributed by atoms with E-state index in [0.717, 1.165) is 4.90 Å². The zero-order valence-electron chi connectivity index (χ0n) is 9.93. The lowest BCUT2D eigenvalue weighted by Gasteiger charge is -2.07. The minimum absolute atomic E-state index is 0.267. The minimum Gasteiger partial charge on any atom is -0.504 e. The van der Waals surface area contributed by atoms with E-state index in [1.807, 2.05) is 18.4 Å². The zero-order valence-corrected chi connectivity index (χ0v) is 10.7. The molecule has 0 fully saturated rings. The van der Waals surface area contributed by atoms with Crippen molar-refractivity contribution in [2.24, 2.45) is 0 Å². The van der Waals surface area contributed by atoms with Gasteiger partial charge in [-0.15, -0.1) is 11.8 Å². The average Bonchev–Trinajstić information content (AvgIpc) is 2.41. The molecule has 0 atom stereocenters. The van der Waals surface area contributed by atoms with Crippen molar-refractivity contribution < 1.29 is 14.6 Å². The average molecular weight is 264 g/mol. The predicted molar refractivity (Wildman–Crippen MR) is 70.3 cm³/mol. The summed E-state index contributed by atoms with van der Waals surface area (Å²) in [5.41, 5.74) is 0.0729. The molecule has 0 spiro atoms. The standard InChI is InChI=1S/C13H12O4S/c1-7-10(14)11(15)13(16)17-12(7)8-3-5-9(18-2)6-4-8/h3-6,14-15H,1-2H3. The van der Waals surface area contributed by atoms with Crippen molar-refractivity contribution in [3.8, 4) is 22.8 Å². The molecule has 1 aromatic heterocycles. The van der Waals surface area contributed by atoms with E-state index in [4.69, 9.17) is 4.42 Å². The highest BCUT2D eigenvalue weighted by atomic mass is 32.2. The second kappa shape index (κ2) is 4.78. The Kier molecular flexibility index (Phi) is 3.34. The van der Waals surface area contributed by atoms with Gasteiger partial charge in [0.1, 0.15) is 5.76 Å². The topological polar surface area (TPSA) is 70.7 Å². The summed E-state index contributed by atoms with van der Waals surface area (Å²) in [6.07, 6.45) is 1.97. The molecule has 94 valence electrons. The lowest BCUT2D eigenvalue weighted by atomic mass is 10.1. The monoisotopic (exact) mass is 264 g/mol. The lowest BCUT2D eigenvalue weighted by Crippen LogP contribution is -2.01. The predicted octanol–water partition coefficient (Wildman–Crippen LogP) is 2.75. The van der Waals surface area contributed by atoms with Crippen molar-refractivity contribution in [2.75, 3.05) is 6.26 Å². The highest BCUT2D eigenvalue weighted by Gasteiger charge is 2.16. The van der Waals surface area contributed by atoms with Gasteiger partial charge in [0, 0.05) is 16.0 Å². The minimum atomic E-state index is -0.943. The first-order chi connectivity index (χ1) is 8.54. The van der Waals surface area contributed by atoms with Gasteiger partial charge >= 0.3 is 5.63 Å². The summed E-state index contributed by atoms with van der Waals surface area (Å²) in [6, 6.07) is 7.38. The fourth-order valence-electron chi connectivity index (χ4n) is 1.62. The van der Waals surface area contributed by atoms with Crippen LogP contribution in [0.15, 0.2) is 38.4 Å². The van der Waals surface area contributed by atoms with Crippen molar-refractivity contribution in [1.29, 1.82) is 0 Å². The fraction of sp³-hybridized carbons (Fsp3) is 0.154. The summed E-state index contributed by atoms with van der Waals surface area (Å²) in [4.78, 5) is 12.4. The normalized spacial score (nSPS) is 10.6. The van der Waals surface area contributed by atoms with Crippen LogP contribution in [0.3, 0.4) is 0 Å². The van der Waals surface area contributed by atoms with Crippen LogP contribution in [0, 0.1) is 6.92 Å². The van der Waals surface area contributed by atoms with Gasteiger partial charge in [0.25, 0.3) is 0 Å². The SMILES string of the molecule is CSc1ccc(-c2oc(=O)c(O)c(O)c2C)cc1. The first-order valence-electron chi connectivity index (χ1n) is 5.24. The maximum absolute atomic E-state index is 11.3. The Balaban J connectivity index is 2.60. The molecule has 4 nitrogen and oxygen atoms in total. The highest BCUT2D eigenvalue weighted by Crippen LogP contribution is 2.33. The van der Waals surface area contributed by atoms with Crippen molar-refractivity contribution in [3.05, 3.63) is 40.2 Å². The number of hydrogen-bond donors (Lipinski definition) is 2. The summed E-state index contributed by atoms with van der Waals surface area (Å²) in [5.74, 6) is -0.921. The number of aromatic hydroxyl groups is 2. The molecule has 0 aliphatic carbocycles. The Hall–Kier alpha value is -1.88. The van der Waals surface area contributed by atoms with E-state index >= 15 is 0 Å². The van der Waals surface area contributed by atoms with Gasteiger partial charge in [-0.1, -0.05) is 12.1 Å². The summed E-state index contributed by atoms with van der Waals surface area (Å²) >= 11 is 1.60. The molecular weight excluding hydrogens is 252 g/mol. The molecule has 0 amide bonds. The van der Waals surface area contributed by atoms with Crippen LogP contribution in [0.4, 0.5) is 0 Å². The Bertz CT molecular complexity index is 629. The molecule has 2 rings (SSSR count). The first kappa shape index (κ1) is 12.6. The van der Waals surface area contributed by atoms with Gasteiger partial charge < -0.3 is 14.6 Å². The molecule has 1 heterocycles. The van der Waals surface area contributed by atoms with Crippen LogP contribution in [0.25, 0.3) is 11.3 Å². The number of hydrogen-bond acceptors (Lipinski definition) is 5. The third-order valence-electron chi connectivity index (χ3n) is 2.66. The maximum Gasteiger partial charge on any atom is 0.382 e. The van der Waals surface area contributed by atoms with Crippen LogP contribution in [-0.4, -0.2) is 16.5 Å². The van der Waals surface area contributed by atoms with Gasteiger partial charge in [0.05, 0.1) is 0 Å². The third-order valence-corrected chi connectivity index (χ3v) is 3.40. The molecule has 0 aliphatic rings. The molecule has 0 bridgehead atoms. The fourth-order valence-corrected chi connectivity index (χ4v) is 2.03. The van der Waals surface area contributed by atoms with E-state index in [0.29, 0.717) is 11.1 Å². The van der Waals surface area contributed by atoms with Crippen LogP contribution in [-0.2, 0) is 0 Å². The molecule has 0 saturated heterocycles. The van der Waals surface area contributed by atoms with Crippen LogP contribution in [0.5, 0.6) is 11.5 Å². The van der Waals surface area contributed by atoms with Crippen molar-refractivity contribution in [2.45, 2.75) is 11.8 Å². The van der Waals surface area contributed by atoms with Gasteiger partial charge in [-0.2, -0.15) is 0 Å². The van der Waals surface area contributed by atoms with Crippen LogP contribution in [0.1, 0.15) is 5.56 Å². The molecule has 2 N–H and O–H groups in total. The van der Waals surface area contributed by atoms with Gasteiger partial charge in [0.15, 0.2) is 5.75 Å². The second-order valence-electron chi connectivity index (χ2n) is 3.77. The second-order valence-corrected chi connectivity index (χ2v) is 4.65. The summed E-state index contributed by atoms with van der Waals surface area (Å²) < 4.78 is 5.01. The maximum atomic E-state index is 11.3. The molecular formula is C13H12O4S. The number of thioether (sulfide) groups is 1. The van der Waals surface area contributed by atoms with Crippen LogP contribution >= 0.6 is 11.8 Å². The Morgan fingerprint density at radius 3 is 2.28 bits per heavy atom. The summed E-state index contributed by atoms with van der Waals surface area (Å²) in [7, 11) is 0. The summed E-state index contributed by atoms with van der Waals surface area (Å²) in [6.45, 7) is 1.58. The van der Waals surface area contributed by atoms with Crippen molar-refractivity contribution in [3.63, 3.8) is 0 Å². The highest BCUT2D eigenvalue weighted by molar-refractivity contribution is 7.98. The smallest absolute Gasteiger partial charge is 0.382 e. The van der Waals surface area contributed by atoms with E-state index in [-0.39, 0.29) is 5.76 Å². The van der Waals surface area contributed by atoms with E-state index in [9.17, 15) is 15.0 Å².